The van der Waals surface area contributed by atoms with Gasteiger partial charge < -0.3 is 69.4 Å². The van der Waals surface area contributed by atoms with Crippen LogP contribution in [0.1, 0.15) is 97.3 Å². The first kappa shape index (κ1) is 78.8. The molecule has 32 heteroatoms. The molecule has 6 N–H and O–H groups in total. The maximum atomic E-state index is 14.1. The highest BCUT2D eigenvalue weighted by molar-refractivity contribution is 7.90. The van der Waals surface area contributed by atoms with Crippen molar-refractivity contribution in [2.45, 2.75) is 89.7 Å². The van der Waals surface area contributed by atoms with Crippen LogP contribution < -0.4 is 39.2 Å². The Labute approximate surface area is 613 Å². The van der Waals surface area contributed by atoms with Crippen molar-refractivity contribution >= 4 is 94.5 Å². The predicted octanol–water partition coefficient (Wildman–Crippen LogP) is 8.90. The highest BCUT2D eigenvalue weighted by Crippen LogP contribution is 2.43. The van der Waals surface area contributed by atoms with Crippen LogP contribution in [-0.4, -0.2) is 211 Å². The Morgan fingerprint density at radius 3 is 1.33 bits per heavy atom. The van der Waals surface area contributed by atoms with Gasteiger partial charge in [0, 0.05) is 66.2 Å². The lowest BCUT2D eigenvalue weighted by atomic mass is 9.86. The predicted molar refractivity (Wildman–Crippen MR) is 395 cm³/mol. The van der Waals surface area contributed by atoms with Crippen LogP contribution >= 0.6 is 0 Å². The number of piperidine rings is 4. The lowest BCUT2D eigenvalue weighted by molar-refractivity contribution is -0.123. The van der Waals surface area contributed by atoms with E-state index in [1.807, 2.05) is 37.5 Å². The van der Waals surface area contributed by atoms with Gasteiger partial charge in [-0.05, 0) is 243 Å². The first-order chi connectivity index (χ1) is 51.1. The van der Waals surface area contributed by atoms with Gasteiger partial charge in [-0.1, -0.05) is 6.07 Å². The number of nitrogens with one attached hydrogen (secondary N) is 2. The minimum absolute atomic E-state index is 0.111. The van der Waals surface area contributed by atoms with Crippen LogP contribution in [0.5, 0.6) is 28.7 Å². The Morgan fingerprint density at radius 1 is 0.434 bits per heavy atom. The number of ether oxygens (including phenoxy) is 5. The number of aromatic nitrogens is 4. The summed E-state index contributed by atoms with van der Waals surface area (Å²) in [5, 5.41) is 36.9. The summed E-state index contributed by atoms with van der Waals surface area (Å²) in [5.41, 5.74) is 7.10. The Balaban J connectivity index is 0.000000159. The van der Waals surface area contributed by atoms with E-state index in [0.717, 1.165) is 143 Å². The third-order valence-corrected chi connectivity index (χ3v) is 24.8. The molecule has 7 aliphatic rings. The van der Waals surface area contributed by atoms with Gasteiger partial charge in [0.1, 0.15) is 44.6 Å². The van der Waals surface area contributed by atoms with Crippen LogP contribution in [0, 0.1) is 5.82 Å². The van der Waals surface area contributed by atoms with E-state index in [4.69, 9.17) is 63.3 Å². The number of rotatable bonds is 10. The molecule has 0 radical (unpaired) electrons. The number of halogens is 1. The van der Waals surface area contributed by atoms with Crippen molar-refractivity contribution in [3.63, 3.8) is 0 Å². The number of carbonyl (C=O) groups is 4. The molecule has 4 saturated heterocycles. The van der Waals surface area contributed by atoms with Crippen molar-refractivity contribution in [3.05, 3.63) is 156 Å². The van der Waals surface area contributed by atoms with E-state index in [0.29, 0.717) is 96.1 Å². The van der Waals surface area contributed by atoms with Crippen LogP contribution in [-0.2, 0) is 49.2 Å². The van der Waals surface area contributed by atoms with Gasteiger partial charge in [-0.25, -0.2) is 46.5 Å². The molecule has 0 amide bonds. The Bertz CT molecular complexity index is 4870. The second-order valence-corrected chi connectivity index (χ2v) is 31.5. The molecule has 0 saturated carbocycles. The molecule has 4 aromatic heterocycles. The SMILES string of the molecule is CN1CCC(c2ccc3c(c2)c(C2CCN(C)CC2)cn3S(=O)(=O)c2ccc3c(c2)OCCN3C)CC1.O=CO.O=CO.O=CO.O=CO.O=S(=O)(c1ccc2c(c1)OCCO2)n1cc(C2CCNCC2)c2cc(F)ccc21.O=S(=O)(c1ccc2c(c1)OCCO2)n1cc(C2CCNCC2)c2cccnc21. The van der Waals surface area contributed by atoms with Gasteiger partial charge in [0.15, 0.2) is 28.6 Å². The Hall–Kier alpha value is -9.83. The third-order valence-electron chi connectivity index (χ3n) is 19.8. The molecule has 4 fully saturated rings. The smallest absolute Gasteiger partial charge is 0.290 e. The summed E-state index contributed by atoms with van der Waals surface area (Å²) in [4.78, 5) is 45.2. The molecule has 0 spiro atoms. The molecule has 28 nitrogen and oxygen atoms in total. The molecule has 9 aromatic rings. The van der Waals surface area contributed by atoms with Crippen molar-refractivity contribution in [2.24, 2.45) is 0 Å². The maximum absolute atomic E-state index is 14.1. The van der Waals surface area contributed by atoms with Gasteiger partial charge in [-0.2, -0.15) is 0 Å². The van der Waals surface area contributed by atoms with Crippen molar-refractivity contribution in [1.82, 2.24) is 37.3 Å². The summed E-state index contributed by atoms with van der Waals surface area (Å²) < 4.78 is 128. The zero-order valence-corrected chi connectivity index (χ0v) is 61.4. The van der Waals surface area contributed by atoms with Crippen LogP contribution in [0.15, 0.2) is 143 Å². The van der Waals surface area contributed by atoms with E-state index >= 15 is 0 Å². The minimum atomic E-state index is -3.89. The van der Waals surface area contributed by atoms with Crippen molar-refractivity contribution < 1.29 is 92.9 Å². The average Bonchev–Trinajstić information content (AvgIpc) is 1.59. The standard InChI is InChI=1S/C29H38N4O3S.C21H21FN2O4S.C20H21N3O4S.4CH2O2/c1-30-12-8-21(9-13-30)23-4-6-27-25(18-23)26(22-10-14-31(2)15-11-22)20-33(27)37(34,35)24-5-7-28-29(19-24)36-17-16-32(28)3;22-15-1-3-19-17(11-15)18(14-5-7-23-8-6-14)13-24(19)29(25,26)16-2-4-20-21(12-16)28-10-9-27-20;24-28(25,15-3-4-18-19(12-15)27-11-10-26-18)23-13-17(14-5-8-21-9-6-14)16-2-1-7-22-20(16)23;4*2-1-3/h4-7,18-22H,8-17H2,1-3H3;1-4,11-14,23H,5-10H2;1-4,7,12-14,21H,5-6,8-11H2;4*1H,(H,2,3). The Morgan fingerprint density at radius 2 is 0.830 bits per heavy atom. The number of carboxylic acid groups (broad SMARTS) is 4. The van der Waals surface area contributed by atoms with E-state index in [-0.39, 0.29) is 52.3 Å². The first-order valence-corrected chi connectivity index (χ1v) is 39.0. The number of pyridine rings is 1. The van der Waals surface area contributed by atoms with E-state index in [9.17, 15) is 29.6 Å². The van der Waals surface area contributed by atoms with Crippen LogP contribution in [0.3, 0.4) is 0 Å². The largest absolute Gasteiger partial charge is 0.490 e. The third kappa shape index (κ3) is 17.8. The summed E-state index contributed by atoms with van der Waals surface area (Å²) in [6, 6.07) is 29.2. The molecule has 7 aliphatic heterocycles. The molecule has 106 heavy (non-hydrogen) atoms. The summed E-state index contributed by atoms with van der Waals surface area (Å²) in [7, 11) is -5.13. The molecular weight excluding hydrogens is 1430 g/mol. The zero-order valence-electron chi connectivity index (χ0n) is 58.9. The number of likely N-dealkylation sites (N-methyl/N-ethyl adjacent to an activating group) is 1. The molecule has 0 unspecified atom stereocenters. The molecule has 5 aromatic carbocycles. The van der Waals surface area contributed by atoms with Gasteiger partial charge in [0.2, 0.25) is 0 Å². The lowest BCUT2D eigenvalue weighted by Crippen LogP contribution is -2.29. The van der Waals surface area contributed by atoms with Crippen molar-refractivity contribution in [3.8, 4) is 28.7 Å². The number of hydrogen-bond acceptors (Lipinski definition) is 21. The maximum Gasteiger partial charge on any atom is 0.290 e. The summed E-state index contributed by atoms with van der Waals surface area (Å²) in [6.45, 7) is 9.92. The normalized spacial score (nSPS) is 17.2. The first-order valence-electron chi connectivity index (χ1n) is 34.7. The number of anilines is 1. The molecule has 0 atom stereocenters. The summed E-state index contributed by atoms with van der Waals surface area (Å²) in [6.07, 6.45) is 15.1. The van der Waals surface area contributed by atoms with Crippen LogP contribution in [0.4, 0.5) is 10.1 Å². The highest BCUT2D eigenvalue weighted by atomic mass is 32.2. The van der Waals surface area contributed by atoms with Gasteiger partial charge >= 0.3 is 0 Å². The van der Waals surface area contributed by atoms with Gasteiger partial charge in [0.05, 0.1) is 38.0 Å². The van der Waals surface area contributed by atoms with Crippen LogP contribution in [0.25, 0.3) is 32.8 Å². The second-order valence-electron chi connectivity index (χ2n) is 26.1. The van der Waals surface area contributed by atoms with E-state index in [1.165, 1.54) is 59.4 Å². The number of benzene rings is 5. The molecule has 568 valence electrons. The zero-order chi connectivity index (χ0) is 75.7. The van der Waals surface area contributed by atoms with Crippen LogP contribution in [0.2, 0.25) is 0 Å². The number of likely N-dealkylation sites (tertiary alicyclic amines) is 2. The molecule has 0 aliphatic carbocycles. The number of hydrogen-bond donors (Lipinski definition) is 6. The van der Waals surface area contributed by atoms with Gasteiger partial charge in [-0.15, -0.1) is 0 Å². The van der Waals surface area contributed by atoms with E-state index < -0.39 is 30.1 Å². The topological polar surface area (TPSA) is 359 Å². The van der Waals surface area contributed by atoms with Crippen molar-refractivity contribution in [1.29, 1.82) is 0 Å². The average molecular weight is 1520 g/mol. The highest BCUT2D eigenvalue weighted by Gasteiger charge is 2.33. The lowest BCUT2D eigenvalue weighted by Gasteiger charge is -2.30. The Kier molecular flexibility index (Phi) is 26.7. The molecule has 11 heterocycles. The number of fused-ring (bicyclic) bond motifs is 6. The fraction of sp³-hybridized carbons (Fsp3) is 0.392. The van der Waals surface area contributed by atoms with Gasteiger partial charge in [0.25, 0.3) is 56.0 Å². The number of nitrogens with zero attached hydrogens (tertiary/aromatic N) is 7. The molecule has 16 rings (SSSR count). The van der Waals surface area contributed by atoms with E-state index in [1.54, 1.807) is 48.9 Å². The monoisotopic (exact) mass is 1520 g/mol. The van der Waals surface area contributed by atoms with E-state index in [2.05, 4.69) is 56.5 Å². The summed E-state index contributed by atoms with van der Waals surface area (Å²) in [5.74, 6) is 3.63. The molecular formula is C74H88FN9O19S3. The van der Waals surface area contributed by atoms with Crippen molar-refractivity contribution in [2.75, 3.05) is 118 Å². The second kappa shape index (κ2) is 36.0. The minimum Gasteiger partial charge on any atom is -0.490 e. The fourth-order valence-corrected chi connectivity index (χ4v) is 18.6. The summed E-state index contributed by atoms with van der Waals surface area (Å²) >= 11 is 0. The quantitative estimate of drug-likeness (QED) is 0.0696. The molecule has 0 bridgehead atoms. The van der Waals surface area contributed by atoms with Gasteiger partial charge in [-0.3, -0.25) is 19.2 Å². The fourth-order valence-electron chi connectivity index (χ4n) is 14.4.